The molecular formula is C12H20N4O. The summed E-state index contributed by atoms with van der Waals surface area (Å²) in [6.07, 6.45) is 0.829. The van der Waals surface area contributed by atoms with Crippen LogP contribution in [0.15, 0.2) is 23.2 Å². The molecule has 0 bridgehead atoms. The van der Waals surface area contributed by atoms with Gasteiger partial charge in [-0.25, -0.2) is 0 Å². The summed E-state index contributed by atoms with van der Waals surface area (Å²) in [5.41, 5.74) is 13.2. The largest absolute Gasteiger partial charge is 0.495 e. The number of benzene rings is 1. The van der Waals surface area contributed by atoms with E-state index in [9.17, 15) is 0 Å². The van der Waals surface area contributed by atoms with Crippen molar-refractivity contribution < 1.29 is 4.74 Å². The molecule has 0 amide bonds. The first-order valence-electron chi connectivity index (χ1n) is 5.65. The Morgan fingerprint density at radius 3 is 2.82 bits per heavy atom. The number of rotatable bonds is 5. The van der Waals surface area contributed by atoms with Gasteiger partial charge in [0.15, 0.2) is 5.96 Å². The lowest BCUT2D eigenvalue weighted by molar-refractivity contribution is 0.416. The van der Waals surface area contributed by atoms with Crippen LogP contribution in [0.1, 0.15) is 12.5 Å². The summed E-state index contributed by atoms with van der Waals surface area (Å²) in [7, 11) is 1.62. The van der Waals surface area contributed by atoms with E-state index in [0.717, 1.165) is 23.4 Å². The van der Waals surface area contributed by atoms with Gasteiger partial charge in [0.25, 0.3) is 0 Å². The van der Waals surface area contributed by atoms with Gasteiger partial charge >= 0.3 is 0 Å². The van der Waals surface area contributed by atoms with Gasteiger partial charge in [0.2, 0.25) is 0 Å². The summed E-state index contributed by atoms with van der Waals surface area (Å²) in [6, 6.07) is 5.87. The lowest BCUT2D eigenvalue weighted by Crippen LogP contribution is -2.23. The van der Waals surface area contributed by atoms with Gasteiger partial charge in [-0.3, -0.25) is 4.99 Å². The summed E-state index contributed by atoms with van der Waals surface area (Å²) in [6.45, 7) is 3.19. The second-order valence-electron chi connectivity index (χ2n) is 3.56. The van der Waals surface area contributed by atoms with Gasteiger partial charge < -0.3 is 21.5 Å². The summed E-state index contributed by atoms with van der Waals surface area (Å²) < 4.78 is 5.30. The molecular weight excluding hydrogens is 216 g/mol. The standard InChI is InChI=1S/C12H20N4O/c1-3-15-12(14)16-10-5-4-9(6-7-13)8-11(10)17-2/h4-5,8H,3,6-7,13H2,1-2H3,(H3,14,15,16). The Morgan fingerprint density at radius 2 is 2.24 bits per heavy atom. The minimum atomic E-state index is 0.386. The van der Waals surface area contributed by atoms with Gasteiger partial charge in [-0.05, 0) is 37.6 Å². The van der Waals surface area contributed by atoms with Crippen LogP contribution in [0.2, 0.25) is 0 Å². The van der Waals surface area contributed by atoms with Crippen LogP contribution in [0.3, 0.4) is 0 Å². The van der Waals surface area contributed by atoms with E-state index in [0.29, 0.717) is 19.0 Å². The average Bonchev–Trinajstić information content (AvgIpc) is 2.31. The van der Waals surface area contributed by atoms with Crippen molar-refractivity contribution in [2.45, 2.75) is 13.3 Å². The van der Waals surface area contributed by atoms with E-state index in [1.807, 2.05) is 25.1 Å². The molecule has 0 aromatic heterocycles. The third-order valence-electron chi connectivity index (χ3n) is 2.29. The third kappa shape index (κ3) is 3.96. The SMILES string of the molecule is CCN=C(N)Nc1ccc(CCN)cc1OC. The van der Waals surface area contributed by atoms with Crippen LogP contribution < -0.4 is 21.5 Å². The number of nitrogens with one attached hydrogen (secondary N) is 1. The van der Waals surface area contributed by atoms with Crippen molar-refractivity contribution in [3.63, 3.8) is 0 Å². The van der Waals surface area contributed by atoms with Crippen molar-refractivity contribution in [3.8, 4) is 5.75 Å². The summed E-state index contributed by atoms with van der Waals surface area (Å²) in [5, 5.41) is 3.00. The van der Waals surface area contributed by atoms with E-state index in [-0.39, 0.29) is 0 Å². The van der Waals surface area contributed by atoms with Crippen molar-refractivity contribution in [1.82, 2.24) is 0 Å². The maximum Gasteiger partial charge on any atom is 0.193 e. The zero-order valence-electron chi connectivity index (χ0n) is 10.4. The Bertz CT molecular complexity index is 390. The molecule has 1 aromatic rings. The monoisotopic (exact) mass is 236 g/mol. The van der Waals surface area contributed by atoms with Crippen molar-refractivity contribution in [1.29, 1.82) is 0 Å². The molecule has 5 nitrogen and oxygen atoms in total. The molecule has 0 saturated heterocycles. The molecule has 0 atom stereocenters. The molecule has 17 heavy (non-hydrogen) atoms. The quantitative estimate of drug-likeness (QED) is 0.524. The number of hydrogen-bond acceptors (Lipinski definition) is 3. The highest BCUT2D eigenvalue weighted by Crippen LogP contribution is 2.25. The second-order valence-corrected chi connectivity index (χ2v) is 3.56. The van der Waals surface area contributed by atoms with Crippen LogP contribution in [0.25, 0.3) is 0 Å². The minimum absolute atomic E-state index is 0.386. The van der Waals surface area contributed by atoms with Gasteiger partial charge in [0.1, 0.15) is 5.75 Å². The molecule has 0 aliphatic rings. The Labute approximate surface area is 102 Å². The predicted molar refractivity (Wildman–Crippen MR) is 71.5 cm³/mol. The van der Waals surface area contributed by atoms with E-state index in [1.165, 1.54) is 0 Å². The second kappa shape index (κ2) is 6.75. The first-order valence-corrected chi connectivity index (χ1v) is 5.65. The molecule has 0 unspecified atom stereocenters. The predicted octanol–water partition coefficient (Wildman–Crippen LogP) is 0.943. The van der Waals surface area contributed by atoms with E-state index in [4.69, 9.17) is 16.2 Å². The molecule has 94 valence electrons. The van der Waals surface area contributed by atoms with Crippen molar-refractivity contribution in [3.05, 3.63) is 23.8 Å². The number of hydrogen-bond donors (Lipinski definition) is 3. The lowest BCUT2D eigenvalue weighted by Gasteiger charge is -2.12. The topological polar surface area (TPSA) is 85.7 Å². The molecule has 0 saturated carbocycles. The van der Waals surface area contributed by atoms with Crippen molar-refractivity contribution in [2.75, 3.05) is 25.5 Å². The number of nitrogens with zero attached hydrogens (tertiary/aromatic N) is 1. The Balaban J connectivity index is 2.88. The highest BCUT2D eigenvalue weighted by molar-refractivity contribution is 5.93. The number of anilines is 1. The number of nitrogens with two attached hydrogens (primary N) is 2. The van der Waals surface area contributed by atoms with Gasteiger partial charge in [-0.1, -0.05) is 6.07 Å². The fraction of sp³-hybridized carbons (Fsp3) is 0.417. The maximum absolute atomic E-state index is 5.70. The molecule has 1 aromatic carbocycles. The highest BCUT2D eigenvalue weighted by Gasteiger charge is 2.05. The van der Waals surface area contributed by atoms with Crippen LogP contribution >= 0.6 is 0 Å². The van der Waals surface area contributed by atoms with Crippen LogP contribution in [0, 0.1) is 0 Å². The van der Waals surface area contributed by atoms with E-state index >= 15 is 0 Å². The third-order valence-corrected chi connectivity index (χ3v) is 2.29. The first-order chi connectivity index (χ1) is 8.21. The zero-order chi connectivity index (χ0) is 12.7. The Morgan fingerprint density at radius 1 is 1.47 bits per heavy atom. The van der Waals surface area contributed by atoms with Gasteiger partial charge in [-0.15, -0.1) is 0 Å². The van der Waals surface area contributed by atoms with Gasteiger partial charge in [0, 0.05) is 6.54 Å². The van der Waals surface area contributed by atoms with Gasteiger partial charge in [0.05, 0.1) is 12.8 Å². The molecule has 5 heteroatoms. The normalized spacial score (nSPS) is 11.4. The molecule has 0 radical (unpaired) electrons. The van der Waals surface area contributed by atoms with Crippen LogP contribution in [0.5, 0.6) is 5.75 Å². The average molecular weight is 236 g/mol. The summed E-state index contributed by atoms with van der Waals surface area (Å²) in [5.74, 6) is 1.13. The van der Waals surface area contributed by atoms with E-state index in [2.05, 4.69) is 10.3 Å². The molecule has 1 rings (SSSR count). The molecule has 5 N–H and O–H groups in total. The molecule has 0 aliphatic carbocycles. The van der Waals surface area contributed by atoms with Crippen LogP contribution in [-0.2, 0) is 6.42 Å². The van der Waals surface area contributed by atoms with Gasteiger partial charge in [-0.2, -0.15) is 0 Å². The molecule has 0 fully saturated rings. The molecule has 0 spiro atoms. The maximum atomic E-state index is 5.70. The van der Waals surface area contributed by atoms with E-state index < -0.39 is 0 Å². The smallest absolute Gasteiger partial charge is 0.193 e. The van der Waals surface area contributed by atoms with E-state index in [1.54, 1.807) is 7.11 Å². The Kier molecular flexibility index (Phi) is 5.29. The minimum Gasteiger partial charge on any atom is -0.495 e. The summed E-state index contributed by atoms with van der Waals surface area (Å²) in [4.78, 5) is 4.06. The van der Waals surface area contributed by atoms with Crippen molar-refractivity contribution >= 4 is 11.6 Å². The lowest BCUT2D eigenvalue weighted by atomic mass is 10.1. The molecule has 0 aliphatic heterocycles. The zero-order valence-corrected chi connectivity index (χ0v) is 10.4. The fourth-order valence-corrected chi connectivity index (χ4v) is 1.51. The number of aliphatic imine (C=N–C) groups is 1. The van der Waals surface area contributed by atoms with Crippen LogP contribution in [-0.4, -0.2) is 26.2 Å². The number of ether oxygens (including phenoxy) is 1. The molecule has 0 heterocycles. The fourth-order valence-electron chi connectivity index (χ4n) is 1.51. The number of guanidine groups is 1. The summed E-state index contributed by atoms with van der Waals surface area (Å²) >= 11 is 0. The Hall–Kier alpha value is -1.75. The number of methoxy groups -OCH3 is 1. The van der Waals surface area contributed by atoms with Crippen molar-refractivity contribution in [2.24, 2.45) is 16.5 Å². The first kappa shape index (κ1) is 13.3. The van der Waals surface area contributed by atoms with Crippen LogP contribution in [0.4, 0.5) is 5.69 Å². The highest BCUT2D eigenvalue weighted by atomic mass is 16.5.